The lowest BCUT2D eigenvalue weighted by molar-refractivity contribution is -0.142. The molecule has 1 aromatic rings. The molecular formula is C15H21NO4. The Bertz CT molecular complexity index is 449. The number of nitrogens with zero attached hydrogens (tertiary/aromatic N) is 1. The van der Waals surface area contributed by atoms with Gasteiger partial charge in [-0.3, -0.25) is 9.69 Å². The Balaban J connectivity index is 1.91. The van der Waals surface area contributed by atoms with Gasteiger partial charge in [0.15, 0.2) is 0 Å². The lowest BCUT2D eigenvalue weighted by Gasteiger charge is -2.32. The molecule has 1 saturated heterocycles. The van der Waals surface area contributed by atoms with Gasteiger partial charge in [-0.05, 0) is 11.1 Å². The zero-order valence-corrected chi connectivity index (χ0v) is 11.7. The molecule has 110 valence electrons. The molecule has 0 radical (unpaired) electrons. The van der Waals surface area contributed by atoms with Gasteiger partial charge in [-0.25, -0.2) is 0 Å². The molecule has 5 heteroatoms. The van der Waals surface area contributed by atoms with Gasteiger partial charge in [-0.2, -0.15) is 0 Å². The van der Waals surface area contributed by atoms with Crippen molar-refractivity contribution in [3.8, 4) is 0 Å². The quantitative estimate of drug-likeness (QED) is 0.855. The molecule has 0 spiro atoms. The molecule has 1 N–H and O–H groups in total. The van der Waals surface area contributed by atoms with E-state index >= 15 is 0 Å². The molecule has 1 aliphatic heterocycles. The minimum absolute atomic E-state index is 0.0697. The molecule has 20 heavy (non-hydrogen) atoms. The van der Waals surface area contributed by atoms with Crippen molar-refractivity contribution in [3.63, 3.8) is 0 Å². The molecule has 1 aliphatic rings. The van der Waals surface area contributed by atoms with E-state index < -0.39 is 5.97 Å². The first-order valence-corrected chi connectivity index (χ1v) is 6.80. The molecule has 0 aromatic heterocycles. The Morgan fingerprint density at radius 1 is 1.50 bits per heavy atom. The summed E-state index contributed by atoms with van der Waals surface area (Å²) in [5.41, 5.74) is 2.37. The highest BCUT2D eigenvalue weighted by Gasteiger charge is 2.22. The standard InChI is InChI=1S/C15H21NO4/c1-19-11-13-4-2-3-12(7-13)9-16-5-6-20-14(10-16)8-15(17)18/h2-4,7,14H,5-6,8-11H2,1H3,(H,17,18). The number of benzene rings is 1. The topological polar surface area (TPSA) is 59.0 Å². The van der Waals surface area contributed by atoms with Gasteiger partial charge in [0.25, 0.3) is 0 Å². The Morgan fingerprint density at radius 2 is 2.30 bits per heavy atom. The summed E-state index contributed by atoms with van der Waals surface area (Å²) in [6.45, 7) is 3.52. The van der Waals surface area contributed by atoms with Gasteiger partial charge in [0.2, 0.25) is 0 Å². The number of carboxylic acid groups (broad SMARTS) is 1. The fourth-order valence-corrected chi connectivity index (χ4v) is 2.48. The number of carboxylic acids is 1. The van der Waals surface area contributed by atoms with E-state index in [1.807, 2.05) is 12.1 Å². The predicted molar refractivity (Wildman–Crippen MR) is 74.4 cm³/mol. The third kappa shape index (κ3) is 4.59. The number of hydrogen-bond donors (Lipinski definition) is 1. The van der Waals surface area contributed by atoms with Crippen LogP contribution in [0.2, 0.25) is 0 Å². The Morgan fingerprint density at radius 3 is 3.05 bits per heavy atom. The molecule has 1 unspecified atom stereocenters. The van der Waals surface area contributed by atoms with E-state index in [2.05, 4.69) is 17.0 Å². The molecule has 1 aromatic carbocycles. The minimum Gasteiger partial charge on any atom is -0.481 e. The van der Waals surface area contributed by atoms with Crippen LogP contribution in [-0.2, 0) is 27.4 Å². The van der Waals surface area contributed by atoms with Gasteiger partial charge in [0.1, 0.15) is 0 Å². The second kappa shape index (κ2) is 7.38. The summed E-state index contributed by atoms with van der Waals surface area (Å²) in [5.74, 6) is -0.807. The monoisotopic (exact) mass is 279 g/mol. The van der Waals surface area contributed by atoms with Crippen LogP contribution in [0.5, 0.6) is 0 Å². The highest BCUT2D eigenvalue weighted by molar-refractivity contribution is 5.67. The van der Waals surface area contributed by atoms with Crippen LogP contribution in [0.4, 0.5) is 0 Å². The first-order chi connectivity index (χ1) is 9.67. The zero-order chi connectivity index (χ0) is 14.4. The van der Waals surface area contributed by atoms with Gasteiger partial charge in [0, 0.05) is 26.7 Å². The van der Waals surface area contributed by atoms with Gasteiger partial charge in [-0.1, -0.05) is 24.3 Å². The number of hydrogen-bond acceptors (Lipinski definition) is 4. The summed E-state index contributed by atoms with van der Waals surface area (Å²) in [4.78, 5) is 13.0. The van der Waals surface area contributed by atoms with E-state index in [9.17, 15) is 4.79 Å². The van der Waals surface area contributed by atoms with Crippen LogP contribution >= 0.6 is 0 Å². The summed E-state index contributed by atoms with van der Waals surface area (Å²) in [6.07, 6.45) is -0.136. The first-order valence-electron chi connectivity index (χ1n) is 6.80. The van der Waals surface area contributed by atoms with Crippen molar-refractivity contribution in [2.24, 2.45) is 0 Å². The van der Waals surface area contributed by atoms with Crippen molar-refractivity contribution in [3.05, 3.63) is 35.4 Å². The van der Waals surface area contributed by atoms with Crippen LogP contribution in [0.3, 0.4) is 0 Å². The normalized spacial score (nSPS) is 19.9. The second-order valence-electron chi connectivity index (χ2n) is 5.08. The van der Waals surface area contributed by atoms with Crippen LogP contribution < -0.4 is 0 Å². The molecule has 5 nitrogen and oxygen atoms in total. The lowest BCUT2D eigenvalue weighted by Crippen LogP contribution is -2.42. The SMILES string of the molecule is COCc1cccc(CN2CCOC(CC(=O)O)C2)c1. The van der Waals surface area contributed by atoms with E-state index in [0.717, 1.165) is 18.7 Å². The Labute approximate surface area is 119 Å². The van der Waals surface area contributed by atoms with Crippen LogP contribution in [0.1, 0.15) is 17.5 Å². The molecular weight excluding hydrogens is 258 g/mol. The lowest BCUT2D eigenvalue weighted by atomic mass is 10.1. The van der Waals surface area contributed by atoms with E-state index in [-0.39, 0.29) is 12.5 Å². The predicted octanol–water partition coefficient (Wildman–Crippen LogP) is 1.51. The van der Waals surface area contributed by atoms with Crippen LogP contribution in [0.15, 0.2) is 24.3 Å². The number of rotatable bonds is 6. The van der Waals surface area contributed by atoms with Crippen molar-refractivity contribution in [1.82, 2.24) is 4.90 Å². The average molecular weight is 279 g/mol. The van der Waals surface area contributed by atoms with Gasteiger partial charge < -0.3 is 14.6 Å². The fraction of sp³-hybridized carbons (Fsp3) is 0.533. The number of morpholine rings is 1. The molecule has 0 saturated carbocycles. The smallest absolute Gasteiger partial charge is 0.306 e. The van der Waals surface area contributed by atoms with Gasteiger partial charge in [-0.15, -0.1) is 0 Å². The number of ether oxygens (including phenoxy) is 2. The van der Waals surface area contributed by atoms with Crippen molar-refractivity contribution >= 4 is 5.97 Å². The molecule has 0 amide bonds. The highest BCUT2D eigenvalue weighted by Crippen LogP contribution is 2.14. The summed E-state index contributed by atoms with van der Waals surface area (Å²) in [6, 6.07) is 8.28. The van der Waals surface area contributed by atoms with Crippen LogP contribution in [0.25, 0.3) is 0 Å². The molecule has 1 fully saturated rings. The number of carbonyl (C=O) groups is 1. The maximum absolute atomic E-state index is 10.7. The van der Waals surface area contributed by atoms with E-state index in [4.69, 9.17) is 14.6 Å². The zero-order valence-electron chi connectivity index (χ0n) is 11.7. The molecule has 1 heterocycles. The van der Waals surface area contributed by atoms with E-state index in [1.165, 1.54) is 5.56 Å². The Hall–Kier alpha value is -1.43. The van der Waals surface area contributed by atoms with E-state index in [1.54, 1.807) is 7.11 Å². The summed E-state index contributed by atoms with van der Waals surface area (Å²) in [7, 11) is 1.69. The number of aliphatic carboxylic acids is 1. The van der Waals surface area contributed by atoms with Crippen molar-refractivity contribution in [1.29, 1.82) is 0 Å². The molecule has 0 bridgehead atoms. The second-order valence-corrected chi connectivity index (χ2v) is 5.08. The first kappa shape index (κ1) is 15.0. The molecule has 1 atom stereocenters. The van der Waals surface area contributed by atoms with Crippen molar-refractivity contribution < 1.29 is 19.4 Å². The molecule has 2 rings (SSSR count). The van der Waals surface area contributed by atoms with Crippen molar-refractivity contribution in [2.75, 3.05) is 26.8 Å². The van der Waals surface area contributed by atoms with E-state index in [0.29, 0.717) is 19.8 Å². The third-order valence-corrected chi connectivity index (χ3v) is 3.33. The molecule has 0 aliphatic carbocycles. The summed E-state index contributed by atoms with van der Waals surface area (Å²) < 4.78 is 10.6. The number of methoxy groups -OCH3 is 1. The largest absolute Gasteiger partial charge is 0.481 e. The van der Waals surface area contributed by atoms with Crippen LogP contribution in [0, 0.1) is 0 Å². The third-order valence-electron chi connectivity index (χ3n) is 3.33. The Kier molecular flexibility index (Phi) is 5.52. The van der Waals surface area contributed by atoms with Crippen LogP contribution in [-0.4, -0.2) is 48.9 Å². The maximum Gasteiger partial charge on any atom is 0.306 e. The summed E-state index contributed by atoms with van der Waals surface area (Å²) >= 11 is 0. The van der Waals surface area contributed by atoms with Gasteiger partial charge >= 0.3 is 5.97 Å². The minimum atomic E-state index is -0.807. The summed E-state index contributed by atoms with van der Waals surface area (Å²) in [5, 5.41) is 8.82. The van der Waals surface area contributed by atoms with Gasteiger partial charge in [0.05, 0.1) is 25.7 Å². The van der Waals surface area contributed by atoms with Crippen molar-refractivity contribution in [2.45, 2.75) is 25.7 Å². The highest BCUT2D eigenvalue weighted by atomic mass is 16.5. The maximum atomic E-state index is 10.7. The average Bonchev–Trinajstić information content (AvgIpc) is 2.39. The fourth-order valence-electron chi connectivity index (χ4n) is 2.48.